The quantitative estimate of drug-likeness (QED) is 0.871. The van der Waals surface area contributed by atoms with Gasteiger partial charge in [0.15, 0.2) is 0 Å². The number of nitrogens with zero attached hydrogens (tertiary/aromatic N) is 1. The van der Waals surface area contributed by atoms with Gasteiger partial charge in [0.1, 0.15) is 0 Å². The predicted octanol–water partition coefficient (Wildman–Crippen LogP) is 3.40. The maximum absolute atomic E-state index is 11.7. The fourth-order valence-corrected chi connectivity index (χ4v) is 2.80. The second-order valence-corrected chi connectivity index (χ2v) is 5.91. The smallest absolute Gasteiger partial charge is 0.244 e. The lowest BCUT2D eigenvalue weighted by molar-refractivity contribution is -0.117. The van der Waals surface area contributed by atoms with E-state index < -0.39 is 0 Å². The molecule has 1 amide bonds. The van der Waals surface area contributed by atoms with Crippen molar-refractivity contribution in [2.24, 2.45) is 0 Å². The molecule has 0 saturated heterocycles. The second kappa shape index (κ2) is 5.93. The molecule has 0 bridgehead atoms. The number of aromatic nitrogens is 1. The molecule has 2 rings (SSSR count). The first-order chi connectivity index (χ1) is 8.65. The largest absolute Gasteiger partial charge is 0.345 e. The topological polar surface area (TPSA) is 42.0 Å². The molecule has 0 radical (unpaired) electrons. The van der Waals surface area contributed by atoms with Crippen LogP contribution in [0.1, 0.15) is 28.5 Å². The van der Waals surface area contributed by atoms with E-state index in [1.54, 1.807) is 28.7 Å². The minimum Gasteiger partial charge on any atom is -0.345 e. The fourth-order valence-electron chi connectivity index (χ4n) is 1.49. The Labute approximate surface area is 114 Å². The van der Waals surface area contributed by atoms with E-state index in [0.29, 0.717) is 0 Å². The van der Waals surface area contributed by atoms with Gasteiger partial charge in [-0.3, -0.25) is 4.79 Å². The van der Waals surface area contributed by atoms with Crippen molar-refractivity contribution in [2.45, 2.75) is 19.9 Å². The van der Waals surface area contributed by atoms with Crippen LogP contribution in [0, 0.1) is 6.92 Å². The molecule has 2 aromatic rings. The van der Waals surface area contributed by atoms with Crippen LogP contribution in [0.5, 0.6) is 0 Å². The van der Waals surface area contributed by atoms with E-state index in [9.17, 15) is 4.79 Å². The van der Waals surface area contributed by atoms with Gasteiger partial charge in [-0.1, -0.05) is 6.07 Å². The number of thiophene rings is 1. The molecule has 18 heavy (non-hydrogen) atoms. The van der Waals surface area contributed by atoms with Crippen molar-refractivity contribution in [3.05, 3.63) is 44.5 Å². The molecule has 1 unspecified atom stereocenters. The zero-order chi connectivity index (χ0) is 13.0. The Bertz CT molecular complexity index is 543. The molecule has 3 nitrogen and oxygen atoms in total. The lowest BCUT2D eigenvalue weighted by atomic mass is 10.2. The number of carbonyl (C=O) groups excluding carboxylic acids is 1. The molecular weight excluding hydrogens is 264 g/mol. The number of nitrogens with one attached hydrogen (secondary N) is 1. The van der Waals surface area contributed by atoms with Gasteiger partial charge in [0, 0.05) is 16.3 Å². The molecule has 0 aliphatic rings. The van der Waals surface area contributed by atoms with Crippen LogP contribution < -0.4 is 5.32 Å². The lowest BCUT2D eigenvalue weighted by Gasteiger charge is -2.09. The average Bonchev–Trinajstić information content (AvgIpc) is 2.97. The Balaban J connectivity index is 1.91. The fraction of sp³-hybridized carbons (Fsp3) is 0.231. The highest BCUT2D eigenvalue weighted by Crippen LogP contribution is 2.18. The number of hydrogen-bond acceptors (Lipinski definition) is 4. The molecule has 0 fully saturated rings. The van der Waals surface area contributed by atoms with Crippen LogP contribution in [-0.4, -0.2) is 10.9 Å². The third kappa shape index (κ3) is 3.51. The van der Waals surface area contributed by atoms with Gasteiger partial charge in [-0.05, 0) is 31.4 Å². The van der Waals surface area contributed by atoms with Crippen LogP contribution in [-0.2, 0) is 4.79 Å². The van der Waals surface area contributed by atoms with Crippen LogP contribution in [0.4, 0.5) is 0 Å². The van der Waals surface area contributed by atoms with Gasteiger partial charge >= 0.3 is 0 Å². The van der Waals surface area contributed by atoms with Crippen LogP contribution >= 0.6 is 22.7 Å². The highest BCUT2D eigenvalue weighted by atomic mass is 32.1. The zero-order valence-corrected chi connectivity index (χ0v) is 11.8. The van der Waals surface area contributed by atoms with Gasteiger partial charge in [-0.2, -0.15) is 0 Å². The van der Waals surface area contributed by atoms with Crippen molar-refractivity contribution in [3.8, 4) is 0 Å². The summed E-state index contributed by atoms with van der Waals surface area (Å²) in [5, 5.41) is 7.86. The van der Waals surface area contributed by atoms with Gasteiger partial charge in [-0.15, -0.1) is 22.7 Å². The monoisotopic (exact) mass is 278 g/mol. The van der Waals surface area contributed by atoms with Crippen molar-refractivity contribution in [1.82, 2.24) is 10.3 Å². The van der Waals surface area contributed by atoms with E-state index in [-0.39, 0.29) is 11.9 Å². The molecule has 2 aromatic heterocycles. The van der Waals surface area contributed by atoms with Crippen molar-refractivity contribution in [2.75, 3.05) is 0 Å². The molecule has 2 heterocycles. The summed E-state index contributed by atoms with van der Waals surface area (Å²) in [6.45, 7) is 3.92. The van der Waals surface area contributed by atoms with E-state index in [2.05, 4.69) is 10.3 Å². The molecule has 1 atom stereocenters. The summed E-state index contributed by atoms with van der Waals surface area (Å²) in [7, 11) is 0. The highest BCUT2D eigenvalue weighted by Gasteiger charge is 2.07. The van der Waals surface area contributed by atoms with E-state index in [1.165, 1.54) is 6.08 Å². The van der Waals surface area contributed by atoms with Crippen molar-refractivity contribution in [1.29, 1.82) is 0 Å². The third-order valence-corrected chi connectivity index (χ3v) is 4.22. The summed E-state index contributed by atoms with van der Waals surface area (Å²) in [6, 6.07) is 4.04. The van der Waals surface area contributed by atoms with E-state index in [4.69, 9.17) is 0 Å². The van der Waals surface area contributed by atoms with Crippen LogP contribution in [0.15, 0.2) is 29.0 Å². The van der Waals surface area contributed by atoms with Crippen molar-refractivity contribution < 1.29 is 4.79 Å². The molecule has 0 aliphatic heterocycles. The standard InChI is InChI=1S/C13H14N2OS2/c1-9(12-4-3-7-17-12)14-13(16)6-5-11-8-18-10(2)15-11/h3-9H,1-2H3,(H,14,16)/b6-5+. The summed E-state index contributed by atoms with van der Waals surface area (Å²) < 4.78 is 0. The molecule has 94 valence electrons. The van der Waals surface area contributed by atoms with Gasteiger partial charge in [0.2, 0.25) is 5.91 Å². The number of amides is 1. The number of rotatable bonds is 4. The molecule has 0 spiro atoms. The third-order valence-electron chi connectivity index (χ3n) is 2.37. The molecule has 0 aromatic carbocycles. The van der Waals surface area contributed by atoms with Gasteiger partial charge in [0.05, 0.1) is 16.7 Å². The normalized spacial score (nSPS) is 12.8. The summed E-state index contributed by atoms with van der Waals surface area (Å²) in [5.41, 5.74) is 0.830. The Morgan fingerprint density at radius 3 is 2.94 bits per heavy atom. The average molecular weight is 278 g/mol. The molecule has 0 saturated carbocycles. The summed E-state index contributed by atoms with van der Waals surface area (Å²) >= 11 is 3.22. The van der Waals surface area contributed by atoms with Gasteiger partial charge < -0.3 is 5.32 Å². The summed E-state index contributed by atoms with van der Waals surface area (Å²) in [4.78, 5) is 17.1. The lowest BCUT2D eigenvalue weighted by Crippen LogP contribution is -2.23. The number of hydrogen-bond donors (Lipinski definition) is 1. The highest BCUT2D eigenvalue weighted by molar-refractivity contribution is 7.10. The van der Waals surface area contributed by atoms with E-state index >= 15 is 0 Å². The molecule has 1 N–H and O–H groups in total. The van der Waals surface area contributed by atoms with Crippen LogP contribution in [0.3, 0.4) is 0 Å². The number of carbonyl (C=O) groups is 1. The Hall–Kier alpha value is -1.46. The van der Waals surface area contributed by atoms with Crippen molar-refractivity contribution >= 4 is 34.7 Å². The molecule has 5 heteroatoms. The second-order valence-electron chi connectivity index (χ2n) is 3.87. The zero-order valence-electron chi connectivity index (χ0n) is 10.2. The number of thiazole rings is 1. The Morgan fingerprint density at radius 2 is 2.33 bits per heavy atom. The van der Waals surface area contributed by atoms with Crippen molar-refractivity contribution in [3.63, 3.8) is 0 Å². The minimum atomic E-state index is -0.0958. The SMILES string of the molecule is Cc1nc(/C=C/C(=O)NC(C)c2cccs2)cs1. The molecule has 0 aliphatic carbocycles. The van der Waals surface area contributed by atoms with Crippen LogP contribution in [0.2, 0.25) is 0 Å². The maximum atomic E-state index is 11.7. The first-order valence-electron chi connectivity index (χ1n) is 5.59. The Morgan fingerprint density at radius 1 is 1.50 bits per heavy atom. The predicted molar refractivity (Wildman–Crippen MR) is 76.8 cm³/mol. The number of aryl methyl sites for hydroxylation is 1. The minimum absolute atomic E-state index is 0.0410. The molecular formula is C13H14N2OS2. The maximum Gasteiger partial charge on any atom is 0.244 e. The van der Waals surface area contributed by atoms with Gasteiger partial charge in [0.25, 0.3) is 0 Å². The first kappa shape index (κ1) is 13.0. The van der Waals surface area contributed by atoms with Gasteiger partial charge in [-0.25, -0.2) is 4.98 Å². The van der Waals surface area contributed by atoms with E-state index in [1.807, 2.05) is 36.7 Å². The van der Waals surface area contributed by atoms with E-state index in [0.717, 1.165) is 15.6 Å². The first-order valence-corrected chi connectivity index (χ1v) is 7.35. The summed E-state index contributed by atoms with van der Waals surface area (Å²) in [6.07, 6.45) is 3.26. The Kier molecular flexibility index (Phi) is 4.28. The summed E-state index contributed by atoms with van der Waals surface area (Å²) in [5.74, 6) is -0.0958. The van der Waals surface area contributed by atoms with Crippen LogP contribution in [0.25, 0.3) is 6.08 Å².